The first-order valence-electron chi connectivity index (χ1n) is 10.8. The maximum absolute atomic E-state index is 15.0. The van der Waals surface area contributed by atoms with Gasteiger partial charge in [0.15, 0.2) is 0 Å². The fraction of sp³-hybridized carbons (Fsp3) is 0.192. The van der Waals surface area contributed by atoms with Gasteiger partial charge in [-0.05, 0) is 43.7 Å². The molecular formula is C26H20F5N3O2. The number of hydrogen-bond donors (Lipinski definition) is 1. The molecule has 4 rings (SSSR count). The smallest absolute Gasteiger partial charge is 0.416 e. The van der Waals surface area contributed by atoms with Crippen molar-refractivity contribution in [2.45, 2.75) is 25.9 Å². The molecule has 1 aromatic heterocycles. The maximum Gasteiger partial charge on any atom is 0.416 e. The van der Waals surface area contributed by atoms with Gasteiger partial charge in [-0.1, -0.05) is 48.0 Å². The van der Waals surface area contributed by atoms with Gasteiger partial charge < -0.3 is 10.1 Å². The van der Waals surface area contributed by atoms with E-state index in [1.165, 1.54) is 18.2 Å². The van der Waals surface area contributed by atoms with E-state index in [1.54, 1.807) is 44.2 Å². The Morgan fingerprint density at radius 1 is 0.917 bits per heavy atom. The number of aryl methyl sites for hydroxylation is 2. The molecule has 0 saturated carbocycles. The van der Waals surface area contributed by atoms with Crippen molar-refractivity contribution in [3.63, 3.8) is 0 Å². The molecule has 1 N–H and O–H groups in total. The average Bonchev–Trinajstić information content (AvgIpc) is 2.82. The van der Waals surface area contributed by atoms with E-state index in [0.29, 0.717) is 5.56 Å². The molecule has 4 aromatic rings. The second-order valence-corrected chi connectivity index (χ2v) is 8.23. The molecule has 0 radical (unpaired) electrons. The van der Waals surface area contributed by atoms with Crippen molar-refractivity contribution in [2.75, 3.05) is 6.54 Å². The number of fused-ring (bicyclic) bond motifs is 1. The zero-order valence-corrected chi connectivity index (χ0v) is 19.2. The van der Waals surface area contributed by atoms with Crippen LogP contribution in [0.2, 0.25) is 0 Å². The number of rotatable bonds is 6. The van der Waals surface area contributed by atoms with E-state index < -0.39 is 36.0 Å². The molecule has 0 bridgehead atoms. The standard InChI is InChI=1S/C26H20F5N3O2/c1-15-10-11-20(16(2)12-15)25(27,28)14-32-23(35)22-19-8-3-4-9-21(19)33-34-24(22)36-18-7-5-6-17(13-18)26(29,30)31/h3-13H,14H2,1-2H3,(H,32,35). The number of ether oxygens (including phenoxy) is 1. The Balaban J connectivity index is 1.67. The van der Waals surface area contributed by atoms with Crippen LogP contribution in [0.5, 0.6) is 11.6 Å². The Labute approximate surface area is 202 Å². The lowest BCUT2D eigenvalue weighted by molar-refractivity contribution is -0.137. The summed E-state index contributed by atoms with van der Waals surface area (Å²) in [6.07, 6.45) is -4.62. The molecule has 186 valence electrons. The van der Waals surface area contributed by atoms with Crippen LogP contribution in [0.25, 0.3) is 10.9 Å². The van der Waals surface area contributed by atoms with Crippen molar-refractivity contribution >= 4 is 16.8 Å². The topological polar surface area (TPSA) is 64.1 Å². The Morgan fingerprint density at radius 2 is 1.67 bits per heavy atom. The van der Waals surface area contributed by atoms with E-state index in [1.807, 2.05) is 0 Å². The van der Waals surface area contributed by atoms with Crippen LogP contribution in [0.4, 0.5) is 22.0 Å². The number of aromatic nitrogens is 2. The van der Waals surface area contributed by atoms with E-state index in [4.69, 9.17) is 4.74 Å². The van der Waals surface area contributed by atoms with Crippen LogP contribution in [-0.2, 0) is 12.1 Å². The Kier molecular flexibility index (Phi) is 6.62. The van der Waals surface area contributed by atoms with Gasteiger partial charge in [0.25, 0.3) is 17.7 Å². The highest BCUT2D eigenvalue weighted by Gasteiger charge is 2.35. The zero-order chi connectivity index (χ0) is 26.1. The first-order chi connectivity index (χ1) is 17.0. The molecule has 1 amide bonds. The van der Waals surface area contributed by atoms with Crippen LogP contribution >= 0.6 is 0 Å². The summed E-state index contributed by atoms with van der Waals surface area (Å²) in [4.78, 5) is 13.1. The number of alkyl halides is 5. The molecule has 36 heavy (non-hydrogen) atoms. The summed E-state index contributed by atoms with van der Waals surface area (Å²) >= 11 is 0. The van der Waals surface area contributed by atoms with Gasteiger partial charge in [-0.3, -0.25) is 4.79 Å². The van der Waals surface area contributed by atoms with Gasteiger partial charge in [0.2, 0.25) is 0 Å². The molecule has 5 nitrogen and oxygen atoms in total. The largest absolute Gasteiger partial charge is 0.437 e. The maximum atomic E-state index is 15.0. The average molecular weight is 501 g/mol. The Morgan fingerprint density at radius 3 is 2.39 bits per heavy atom. The summed E-state index contributed by atoms with van der Waals surface area (Å²) in [5.74, 6) is -4.98. The molecule has 0 saturated heterocycles. The van der Waals surface area contributed by atoms with Crippen molar-refractivity contribution in [3.8, 4) is 11.6 Å². The number of halogens is 5. The monoisotopic (exact) mass is 501 g/mol. The molecule has 0 spiro atoms. The minimum Gasteiger partial charge on any atom is -0.437 e. The molecule has 0 aliphatic heterocycles. The number of carbonyl (C=O) groups is 1. The minimum atomic E-state index is -4.62. The molecule has 3 aromatic carbocycles. The van der Waals surface area contributed by atoms with Crippen molar-refractivity contribution in [3.05, 3.63) is 94.5 Å². The third-order valence-electron chi connectivity index (χ3n) is 5.49. The third kappa shape index (κ3) is 5.27. The first kappa shape index (κ1) is 25.0. The van der Waals surface area contributed by atoms with Crippen LogP contribution < -0.4 is 10.1 Å². The van der Waals surface area contributed by atoms with E-state index in [0.717, 1.165) is 23.8 Å². The van der Waals surface area contributed by atoms with Crippen LogP contribution in [0, 0.1) is 13.8 Å². The summed E-state index contributed by atoms with van der Waals surface area (Å²) in [6.45, 7) is 2.32. The number of amides is 1. The SMILES string of the molecule is Cc1ccc(C(F)(F)CNC(=O)c2c(Oc3cccc(C(F)(F)F)c3)nnc3ccccc23)c(C)c1. The normalized spacial score (nSPS) is 12.0. The lowest BCUT2D eigenvalue weighted by atomic mass is 10.00. The number of nitrogens with one attached hydrogen (secondary N) is 1. The minimum absolute atomic E-state index is 0.227. The van der Waals surface area contributed by atoms with E-state index >= 15 is 0 Å². The summed E-state index contributed by atoms with van der Waals surface area (Å²) in [7, 11) is 0. The molecule has 0 fully saturated rings. The predicted molar refractivity (Wildman–Crippen MR) is 123 cm³/mol. The van der Waals surface area contributed by atoms with Crippen LogP contribution in [-0.4, -0.2) is 22.6 Å². The molecule has 1 heterocycles. The van der Waals surface area contributed by atoms with Crippen molar-refractivity contribution in [1.29, 1.82) is 0 Å². The highest BCUT2D eigenvalue weighted by molar-refractivity contribution is 6.07. The fourth-order valence-electron chi connectivity index (χ4n) is 3.77. The Hall–Kier alpha value is -4.08. The number of carbonyl (C=O) groups excluding carboxylic acids is 1. The van der Waals surface area contributed by atoms with Gasteiger partial charge in [-0.2, -0.15) is 22.0 Å². The van der Waals surface area contributed by atoms with Gasteiger partial charge in [0, 0.05) is 10.9 Å². The molecule has 0 atom stereocenters. The van der Waals surface area contributed by atoms with E-state index in [-0.39, 0.29) is 27.8 Å². The third-order valence-corrected chi connectivity index (χ3v) is 5.49. The van der Waals surface area contributed by atoms with Crippen LogP contribution in [0.1, 0.15) is 32.6 Å². The van der Waals surface area contributed by atoms with Gasteiger partial charge in [-0.15, -0.1) is 10.2 Å². The van der Waals surface area contributed by atoms with E-state index in [9.17, 15) is 26.7 Å². The quantitative estimate of drug-likeness (QED) is 0.303. The summed E-state index contributed by atoms with van der Waals surface area (Å²) < 4.78 is 74.7. The highest BCUT2D eigenvalue weighted by Crippen LogP contribution is 2.34. The number of nitrogens with zero attached hydrogens (tertiary/aromatic N) is 2. The number of benzene rings is 3. The van der Waals surface area contributed by atoms with Gasteiger partial charge in [0.05, 0.1) is 17.6 Å². The second-order valence-electron chi connectivity index (χ2n) is 8.23. The molecular weight excluding hydrogens is 481 g/mol. The lowest BCUT2D eigenvalue weighted by Gasteiger charge is -2.20. The predicted octanol–water partition coefficient (Wildman–Crippen LogP) is 6.58. The molecule has 10 heteroatoms. The van der Waals surface area contributed by atoms with Gasteiger partial charge in [0.1, 0.15) is 11.3 Å². The zero-order valence-electron chi connectivity index (χ0n) is 19.2. The summed E-state index contributed by atoms with van der Waals surface area (Å²) in [6, 6.07) is 14.8. The van der Waals surface area contributed by atoms with Gasteiger partial charge in [-0.25, -0.2) is 0 Å². The fourth-order valence-corrected chi connectivity index (χ4v) is 3.77. The van der Waals surface area contributed by atoms with E-state index in [2.05, 4.69) is 15.5 Å². The molecule has 0 aliphatic carbocycles. The lowest BCUT2D eigenvalue weighted by Crippen LogP contribution is -2.35. The van der Waals surface area contributed by atoms with Crippen LogP contribution in [0.3, 0.4) is 0 Å². The van der Waals surface area contributed by atoms with Crippen molar-refractivity contribution in [1.82, 2.24) is 15.5 Å². The van der Waals surface area contributed by atoms with Crippen LogP contribution in [0.15, 0.2) is 66.7 Å². The Bertz CT molecular complexity index is 1440. The second kappa shape index (κ2) is 9.52. The summed E-state index contributed by atoms with van der Waals surface area (Å²) in [5.41, 5.74) is 0.0506. The molecule has 0 aliphatic rings. The van der Waals surface area contributed by atoms with Crippen molar-refractivity contribution < 1.29 is 31.5 Å². The van der Waals surface area contributed by atoms with Crippen molar-refractivity contribution in [2.24, 2.45) is 0 Å². The number of hydrogen-bond acceptors (Lipinski definition) is 4. The first-order valence-corrected chi connectivity index (χ1v) is 10.8. The van der Waals surface area contributed by atoms with Gasteiger partial charge >= 0.3 is 6.18 Å². The summed E-state index contributed by atoms with van der Waals surface area (Å²) in [5, 5.41) is 10.2. The molecule has 0 unspecified atom stereocenters. The highest BCUT2D eigenvalue weighted by atomic mass is 19.4.